The number of nitrogens with zero attached hydrogens (tertiary/aromatic N) is 2. The van der Waals surface area contributed by atoms with Crippen molar-refractivity contribution in [3.05, 3.63) is 57.8 Å². The molecule has 5 heteroatoms. The Hall–Kier alpha value is -1.77. The Bertz CT molecular complexity index is 691. The summed E-state index contributed by atoms with van der Waals surface area (Å²) in [6.45, 7) is 1.54. The first-order valence-corrected chi connectivity index (χ1v) is 9.15. The van der Waals surface area contributed by atoms with Crippen LogP contribution in [-0.4, -0.2) is 29.6 Å². The Morgan fingerprint density at radius 3 is 2.95 bits per heavy atom. The molecule has 2 heterocycles. The number of nitriles is 1. The molecule has 0 aliphatic carbocycles. The first-order chi connectivity index (χ1) is 10.8. The predicted octanol–water partition coefficient (Wildman–Crippen LogP) is 3.94. The number of carbonyl (C=O) groups is 1. The Labute approximate surface area is 138 Å². The summed E-state index contributed by atoms with van der Waals surface area (Å²) in [5.74, 6) is 0.983. The Kier molecular flexibility index (Phi) is 4.81. The van der Waals surface area contributed by atoms with Gasteiger partial charge in [0, 0.05) is 34.5 Å². The summed E-state index contributed by atoms with van der Waals surface area (Å²) < 4.78 is 0. The molecule has 0 radical (unpaired) electrons. The number of carbonyl (C=O) groups excluding carboxylic acids is 1. The molecule has 0 bridgehead atoms. The molecule has 0 unspecified atom stereocenters. The van der Waals surface area contributed by atoms with Crippen molar-refractivity contribution in [3.8, 4) is 6.07 Å². The Balaban J connectivity index is 1.70. The van der Waals surface area contributed by atoms with Gasteiger partial charge in [0.2, 0.25) is 0 Å². The fourth-order valence-electron chi connectivity index (χ4n) is 2.58. The summed E-state index contributed by atoms with van der Waals surface area (Å²) in [5.41, 5.74) is 1.14. The van der Waals surface area contributed by atoms with E-state index in [1.807, 2.05) is 16.7 Å². The molecule has 3 nitrogen and oxygen atoms in total. The van der Waals surface area contributed by atoms with Gasteiger partial charge in [0.25, 0.3) is 5.91 Å². The van der Waals surface area contributed by atoms with Gasteiger partial charge in [-0.15, -0.1) is 11.3 Å². The van der Waals surface area contributed by atoms with E-state index in [0.29, 0.717) is 16.4 Å². The molecule has 1 saturated heterocycles. The zero-order valence-electron chi connectivity index (χ0n) is 12.1. The molecule has 1 aliphatic heterocycles. The third-order valence-electron chi connectivity index (χ3n) is 3.73. The highest BCUT2D eigenvalue weighted by molar-refractivity contribution is 7.99. The lowest BCUT2D eigenvalue weighted by molar-refractivity contribution is 0.0766. The first-order valence-electron chi connectivity index (χ1n) is 7.22. The average molecular weight is 328 g/mol. The minimum absolute atomic E-state index is 0.0320. The summed E-state index contributed by atoms with van der Waals surface area (Å²) in [4.78, 5) is 15.9. The van der Waals surface area contributed by atoms with Crippen molar-refractivity contribution in [2.24, 2.45) is 0 Å². The first kappa shape index (κ1) is 15.1. The van der Waals surface area contributed by atoms with Gasteiger partial charge in [-0.2, -0.15) is 17.0 Å². The highest BCUT2D eigenvalue weighted by atomic mass is 32.2. The fraction of sp³-hybridized carbons (Fsp3) is 0.294. The second-order valence-electron chi connectivity index (χ2n) is 5.15. The van der Waals surface area contributed by atoms with E-state index in [4.69, 9.17) is 5.26 Å². The number of hydrogen-bond donors (Lipinski definition) is 0. The molecule has 3 rings (SSSR count). The van der Waals surface area contributed by atoms with Crippen LogP contribution in [0.4, 0.5) is 0 Å². The van der Waals surface area contributed by atoms with E-state index in [-0.39, 0.29) is 5.91 Å². The maximum absolute atomic E-state index is 12.6. The SMILES string of the molecule is N#Cc1cccc(C(=O)N2CCS[C@@H](c3cccs3)CC2)c1. The third kappa shape index (κ3) is 3.34. The summed E-state index contributed by atoms with van der Waals surface area (Å²) in [6, 6.07) is 13.3. The maximum Gasteiger partial charge on any atom is 0.253 e. The lowest BCUT2D eigenvalue weighted by Gasteiger charge is -2.20. The lowest BCUT2D eigenvalue weighted by Crippen LogP contribution is -2.33. The van der Waals surface area contributed by atoms with Crippen LogP contribution in [0.15, 0.2) is 41.8 Å². The van der Waals surface area contributed by atoms with E-state index >= 15 is 0 Å². The van der Waals surface area contributed by atoms with Crippen molar-refractivity contribution in [1.29, 1.82) is 5.26 Å². The van der Waals surface area contributed by atoms with E-state index in [9.17, 15) is 4.79 Å². The van der Waals surface area contributed by atoms with Crippen LogP contribution < -0.4 is 0 Å². The van der Waals surface area contributed by atoms with Gasteiger partial charge in [0.1, 0.15) is 0 Å². The fourth-order valence-corrected chi connectivity index (χ4v) is 4.82. The van der Waals surface area contributed by atoms with E-state index in [0.717, 1.165) is 25.3 Å². The molecule has 2 aromatic rings. The van der Waals surface area contributed by atoms with Crippen LogP contribution in [0.2, 0.25) is 0 Å². The van der Waals surface area contributed by atoms with E-state index in [1.54, 1.807) is 35.6 Å². The monoisotopic (exact) mass is 328 g/mol. The standard InChI is InChI=1S/C17H16N2OS2/c18-12-13-3-1-4-14(11-13)17(20)19-7-6-16(22-10-8-19)15-5-2-9-21-15/h1-5,9,11,16H,6-8,10H2/t16-/m1/s1. The molecule has 1 aromatic heterocycles. The molecule has 1 fully saturated rings. The predicted molar refractivity (Wildman–Crippen MR) is 91.2 cm³/mol. The number of rotatable bonds is 2. The molecule has 1 atom stereocenters. The second kappa shape index (κ2) is 6.99. The molecule has 22 heavy (non-hydrogen) atoms. The average Bonchev–Trinajstić information content (AvgIpc) is 2.99. The van der Waals surface area contributed by atoms with Gasteiger partial charge in [0.05, 0.1) is 11.6 Å². The molecule has 0 N–H and O–H groups in total. The van der Waals surface area contributed by atoms with Gasteiger partial charge >= 0.3 is 0 Å². The molecular weight excluding hydrogens is 312 g/mol. The Morgan fingerprint density at radius 2 is 2.18 bits per heavy atom. The summed E-state index contributed by atoms with van der Waals surface area (Å²) in [5, 5.41) is 11.6. The van der Waals surface area contributed by atoms with Crippen LogP contribution in [0.5, 0.6) is 0 Å². The lowest BCUT2D eigenvalue weighted by atomic mass is 10.1. The summed E-state index contributed by atoms with van der Waals surface area (Å²) in [7, 11) is 0. The molecule has 1 aromatic carbocycles. The number of amides is 1. The van der Waals surface area contributed by atoms with Crippen LogP contribution in [0, 0.1) is 11.3 Å². The van der Waals surface area contributed by atoms with Gasteiger partial charge in [-0.3, -0.25) is 4.79 Å². The largest absolute Gasteiger partial charge is 0.338 e. The van der Waals surface area contributed by atoms with Crippen molar-refractivity contribution in [1.82, 2.24) is 4.90 Å². The normalized spacial score (nSPS) is 18.5. The summed E-state index contributed by atoms with van der Waals surface area (Å²) in [6.07, 6.45) is 0.981. The highest BCUT2D eigenvalue weighted by Gasteiger charge is 2.23. The zero-order valence-corrected chi connectivity index (χ0v) is 13.7. The van der Waals surface area contributed by atoms with Crippen LogP contribution in [0.1, 0.15) is 32.5 Å². The van der Waals surface area contributed by atoms with Crippen LogP contribution >= 0.6 is 23.1 Å². The maximum atomic E-state index is 12.6. The molecule has 0 saturated carbocycles. The number of thiophene rings is 1. The van der Waals surface area contributed by atoms with Gasteiger partial charge in [0.15, 0.2) is 0 Å². The minimum Gasteiger partial charge on any atom is -0.338 e. The number of hydrogen-bond acceptors (Lipinski definition) is 4. The Morgan fingerprint density at radius 1 is 1.27 bits per heavy atom. The van der Waals surface area contributed by atoms with Gasteiger partial charge < -0.3 is 4.90 Å². The molecule has 1 aliphatic rings. The molecule has 1 amide bonds. The summed E-state index contributed by atoms with van der Waals surface area (Å²) >= 11 is 3.72. The van der Waals surface area contributed by atoms with Crippen LogP contribution in [0.25, 0.3) is 0 Å². The zero-order chi connectivity index (χ0) is 15.4. The third-order valence-corrected chi connectivity index (χ3v) is 6.17. The number of thioether (sulfide) groups is 1. The van der Waals surface area contributed by atoms with Gasteiger partial charge in [-0.25, -0.2) is 0 Å². The number of benzene rings is 1. The van der Waals surface area contributed by atoms with Crippen LogP contribution in [-0.2, 0) is 0 Å². The van der Waals surface area contributed by atoms with Crippen molar-refractivity contribution >= 4 is 29.0 Å². The van der Waals surface area contributed by atoms with Crippen LogP contribution in [0.3, 0.4) is 0 Å². The molecular formula is C17H16N2OS2. The van der Waals surface area contributed by atoms with E-state index in [1.165, 1.54) is 4.88 Å². The van der Waals surface area contributed by atoms with Crippen molar-refractivity contribution < 1.29 is 4.79 Å². The van der Waals surface area contributed by atoms with E-state index < -0.39 is 0 Å². The molecule has 112 valence electrons. The second-order valence-corrected chi connectivity index (χ2v) is 7.44. The topological polar surface area (TPSA) is 44.1 Å². The smallest absolute Gasteiger partial charge is 0.253 e. The van der Waals surface area contributed by atoms with Crippen molar-refractivity contribution in [3.63, 3.8) is 0 Å². The molecule has 0 spiro atoms. The van der Waals surface area contributed by atoms with E-state index in [2.05, 4.69) is 23.6 Å². The van der Waals surface area contributed by atoms with Crippen molar-refractivity contribution in [2.45, 2.75) is 11.7 Å². The van der Waals surface area contributed by atoms with Gasteiger partial charge in [-0.1, -0.05) is 12.1 Å². The van der Waals surface area contributed by atoms with Gasteiger partial charge in [-0.05, 0) is 36.1 Å². The quantitative estimate of drug-likeness (QED) is 0.839. The highest BCUT2D eigenvalue weighted by Crippen LogP contribution is 2.36. The van der Waals surface area contributed by atoms with Crippen molar-refractivity contribution in [2.75, 3.05) is 18.8 Å². The minimum atomic E-state index is 0.0320.